The Morgan fingerprint density at radius 1 is 0.889 bits per heavy atom. The van der Waals surface area contributed by atoms with Crippen LogP contribution in [0.2, 0.25) is 5.02 Å². The maximum Gasteiger partial charge on any atom is 0.189 e. The van der Waals surface area contributed by atoms with E-state index in [1.165, 1.54) is 0 Å². The zero-order valence-corrected chi connectivity index (χ0v) is 10.3. The minimum absolute atomic E-state index is 0.0378. The molecule has 0 fully saturated rings. The molecule has 0 aliphatic heterocycles. The molecule has 0 radical (unpaired) electrons. The molecule has 0 saturated heterocycles. The van der Waals surface area contributed by atoms with Gasteiger partial charge in [0.2, 0.25) is 0 Å². The SMILES string of the molecule is O=c1ccn(-c2ccc(Cl)cc2)c2ccccc12. The average molecular weight is 256 g/mol. The summed E-state index contributed by atoms with van der Waals surface area (Å²) in [5.74, 6) is 0. The van der Waals surface area contributed by atoms with Crippen molar-refractivity contribution in [3.05, 3.63) is 76.0 Å². The summed E-state index contributed by atoms with van der Waals surface area (Å²) in [4.78, 5) is 11.8. The summed E-state index contributed by atoms with van der Waals surface area (Å²) in [6.07, 6.45) is 1.79. The van der Waals surface area contributed by atoms with Crippen LogP contribution in [0.5, 0.6) is 0 Å². The van der Waals surface area contributed by atoms with E-state index < -0.39 is 0 Å². The van der Waals surface area contributed by atoms with Gasteiger partial charge in [-0.05, 0) is 36.4 Å². The lowest BCUT2D eigenvalue weighted by Gasteiger charge is -2.10. The fourth-order valence-corrected chi connectivity index (χ4v) is 2.16. The van der Waals surface area contributed by atoms with Crippen LogP contribution in [0.4, 0.5) is 0 Å². The molecular weight excluding hydrogens is 246 g/mol. The van der Waals surface area contributed by atoms with Crippen molar-refractivity contribution in [3.63, 3.8) is 0 Å². The molecule has 1 aromatic heterocycles. The average Bonchev–Trinajstić information content (AvgIpc) is 2.41. The molecular formula is C15H10ClNO. The summed E-state index contributed by atoms with van der Waals surface area (Å²) < 4.78 is 1.98. The smallest absolute Gasteiger partial charge is 0.189 e. The molecule has 88 valence electrons. The molecule has 0 unspecified atom stereocenters. The van der Waals surface area contributed by atoms with E-state index in [0.29, 0.717) is 5.02 Å². The van der Waals surface area contributed by atoms with E-state index in [0.717, 1.165) is 16.6 Å². The molecule has 1 heterocycles. The lowest BCUT2D eigenvalue weighted by molar-refractivity contribution is 1.10. The third-order valence-corrected chi connectivity index (χ3v) is 3.16. The molecule has 3 heteroatoms. The minimum Gasteiger partial charge on any atom is -0.316 e. The van der Waals surface area contributed by atoms with Gasteiger partial charge < -0.3 is 4.57 Å². The maximum atomic E-state index is 11.8. The van der Waals surface area contributed by atoms with Crippen molar-refractivity contribution >= 4 is 22.5 Å². The molecule has 3 aromatic rings. The van der Waals surface area contributed by atoms with Crippen LogP contribution < -0.4 is 5.43 Å². The molecule has 0 N–H and O–H groups in total. The van der Waals surface area contributed by atoms with Crippen LogP contribution in [0.1, 0.15) is 0 Å². The van der Waals surface area contributed by atoms with Crippen LogP contribution in [0.15, 0.2) is 65.6 Å². The van der Waals surface area contributed by atoms with Gasteiger partial charge in [0, 0.05) is 28.4 Å². The lowest BCUT2D eigenvalue weighted by Crippen LogP contribution is -2.06. The zero-order chi connectivity index (χ0) is 12.5. The fourth-order valence-electron chi connectivity index (χ4n) is 2.03. The third kappa shape index (κ3) is 1.81. The summed E-state index contributed by atoms with van der Waals surface area (Å²) in [6, 6.07) is 16.7. The van der Waals surface area contributed by atoms with Crippen molar-refractivity contribution in [3.8, 4) is 5.69 Å². The Morgan fingerprint density at radius 3 is 2.39 bits per heavy atom. The number of fused-ring (bicyclic) bond motifs is 1. The number of hydrogen-bond acceptors (Lipinski definition) is 1. The zero-order valence-electron chi connectivity index (χ0n) is 9.51. The Labute approximate surface area is 109 Å². The monoisotopic (exact) mass is 255 g/mol. The van der Waals surface area contributed by atoms with Gasteiger partial charge in [-0.3, -0.25) is 4.79 Å². The van der Waals surface area contributed by atoms with Crippen molar-refractivity contribution in [2.75, 3.05) is 0 Å². The lowest BCUT2D eigenvalue weighted by atomic mass is 10.2. The summed E-state index contributed by atoms with van der Waals surface area (Å²) in [5, 5.41) is 1.42. The van der Waals surface area contributed by atoms with Gasteiger partial charge in [0.25, 0.3) is 0 Å². The highest BCUT2D eigenvalue weighted by molar-refractivity contribution is 6.30. The Hall–Kier alpha value is -2.06. The summed E-state index contributed by atoms with van der Waals surface area (Å²) in [7, 11) is 0. The van der Waals surface area contributed by atoms with E-state index >= 15 is 0 Å². The second-order valence-electron chi connectivity index (χ2n) is 4.04. The van der Waals surface area contributed by atoms with Crippen LogP contribution in [-0.2, 0) is 0 Å². The van der Waals surface area contributed by atoms with Gasteiger partial charge in [0.1, 0.15) is 0 Å². The van der Waals surface area contributed by atoms with Crippen LogP contribution in [0.25, 0.3) is 16.6 Å². The molecule has 2 nitrogen and oxygen atoms in total. The number of para-hydroxylation sites is 1. The second-order valence-corrected chi connectivity index (χ2v) is 4.48. The van der Waals surface area contributed by atoms with Crippen LogP contribution in [-0.4, -0.2) is 4.57 Å². The largest absolute Gasteiger partial charge is 0.316 e. The Balaban J connectivity index is 2.33. The Bertz CT molecular complexity index is 759. The first-order chi connectivity index (χ1) is 8.75. The number of nitrogens with zero attached hydrogens (tertiary/aromatic N) is 1. The molecule has 0 aliphatic carbocycles. The number of halogens is 1. The number of hydrogen-bond donors (Lipinski definition) is 0. The molecule has 0 bridgehead atoms. The van der Waals surface area contributed by atoms with Crippen molar-refractivity contribution in [2.45, 2.75) is 0 Å². The van der Waals surface area contributed by atoms with E-state index in [2.05, 4.69) is 0 Å². The van der Waals surface area contributed by atoms with Crippen LogP contribution in [0, 0.1) is 0 Å². The van der Waals surface area contributed by atoms with Crippen LogP contribution >= 0.6 is 11.6 Å². The van der Waals surface area contributed by atoms with Gasteiger partial charge in [-0.15, -0.1) is 0 Å². The van der Waals surface area contributed by atoms with Gasteiger partial charge in [-0.25, -0.2) is 0 Å². The van der Waals surface area contributed by atoms with Crippen molar-refractivity contribution < 1.29 is 0 Å². The topological polar surface area (TPSA) is 22.0 Å². The highest BCUT2D eigenvalue weighted by Gasteiger charge is 2.03. The van der Waals surface area contributed by atoms with Crippen molar-refractivity contribution in [2.24, 2.45) is 0 Å². The minimum atomic E-state index is 0.0378. The van der Waals surface area contributed by atoms with Gasteiger partial charge >= 0.3 is 0 Å². The maximum absolute atomic E-state index is 11.8. The summed E-state index contributed by atoms with van der Waals surface area (Å²) >= 11 is 5.88. The molecule has 0 atom stereocenters. The molecule has 18 heavy (non-hydrogen) atoms. The number of pyridine rings is 1. The van der Waals surface area contributed by atoms with Crippen LogP contribution in [0.3, 0.4) is 0 Å². The van der Waals surface area contributed by atoms with E-state index in [1.54, 1.807) is 12.3 Å². The van der Waals surface area contributed by atoms with Gasteiger partial charge in [-0.2, -0.15) is 0 Å². The number of aromatic nitrogens is 1. The molecule has 0 aliphatic rings. The first-order valence-corrected chi connectivity index (χ1v) is 6.00. The quantitative estimate of drug-likeness (QED) is 0.651. The molecule has 0 amide bonds. The fraction of sp³-hybridized carbons (Fsp3) is 0. The van der Waals surface area contributed by atoms with E-state index in [1.807, 2.05) is 53.1 Å². The van der Waals surface area contributed by atoms with Gasteiger partial charge in [0.15, 0.2) is 5.43 Å². The standard InChI is InChI=1S/C15H10ClNO/c16-11-5-7-12(8-6-11)17-10-9-15(18)13-3-1-2-4-14(13)17/h1-10H. The highest BCUT2D eigenvalue weighted by atomic mass is 35.5. The van der Waals surface area contributed by atoms with E-state index in [9.17, 15) is 4.79 Å². The molecule has 0 spiro atoms. The number of rotatable bonds is 1. The highest BCUT2D eigenvalue weighted by Crippen LogP contribution is 2.18. The van der Waals surface area contributed by atoms with E-state index in [-0.39, 0.29) is 5.43 Å². The Kier molecular flexibility index (Phi) is 2.65. The third-order valence-electron chi connectivity index (χ3n) is 2.91. The van der Waals surface area contributed by atoms with Gasteiger partial charge in [0.05, 0.1) is 5.52 Å². The summed E-state index contributed by atoms with van der Waals surface area (Å²) in [5.41, 5.74) is 1.92. The molecule has 2 aromatic carbocycles. The molecule has 3 rings (SSSR count). The van der Waals surface area contributed by atoms with Gasteiger partial charge in [-0.1, -0.05) is 23.7 Å². The van der Waals surface area contributed by atoms with Crippen molar-refractivity contribution in [1.82, 2.24) is 4.57 Å². The normalized spacial score (nSPS) is 10.7. The Morgan fingerprint density at radius 2 is 1.61 bits per heavy atom. The second kappa shape index (κ2) is 4.31. The van der Waals surface area contributed by atoms with Crippen molar-refractivity contribution in [1.29, 1.82) is 0 Å². The first-order valence-electron chi connectivity index (χ1n) is 5.62. The predicted octanol–water partition coefficient (Wildman–Crippen LogP) is 3.64. The first kappa shape index (κ1) is 11.1. The number of benzene rings is 2. The molecule has 0 saturated carbocycles. The predicted molar refractivity (Wildman–Crippen MR) is 74.6 cm³/mol. The summed E-state index contributed by atoms with van der Waals surface area (Å²) in [6.45, 7) is 0. The van der Waals surface area contributed by atoms with E-state index in [4.69, 9.17) is 11.6 Å².